The Balaban J connectivity index is 2.32. The summed E-state index contributed by atoms with van der Waals surface area (Å²) < 4.78 is 34.1. The Morgan fingerprint density at radius 2 is 2.00 bits per heavy atom. The lowest BCUT2D eigenvalue weighted by atomic mass is 9.99. The van der Waals surface area contributed by atoms with E-state index in [0.29, 0.717) is 12.0 Å². The van der Waals surface area contributed by atoms with Gasteiger partial charge in [-0.15, -0.1) is 0 Å². The van der Waals surface area contributed by atoms with Crippen molar-refractivity contribution in [3.05, 3.63) is 57.1 Å². The Kier molecular flexibility index (Phi) is 4.92. The Labute approximate surface area is 152 Å². The van der Waals surface area contributed by atoms with Gasteiger partial charge in [-0.3, -0.25) is 4.99 Å². The number of carbonyl (C=O) groups is 1. The first-order valence-electron chi connectivity index (χ1n) is 7.25. The van der Waals surface area contributed by atoms with Gasteiger partial charge in [0.25, 0.3) is 0 Å². The van der Waals surface area contributed by atoms with Gasteiger partial charge in [0.2, 0.25) is 0 Å². The number of nitrogens with zero attached hydrogens (tertiary/aromatic N) is 1. The van der Waals surface area contributed by atoms with Gasteiger partial charge in [0.1, 0.15) is 18.1 Å². The molecular weight excluding hydrogens is 373 g/mol. The summed E-state index contributed by atoms with van der Waals surface area (Å²) in [5.74, 6) is -1.88. The van der Waals surface area contributed by atoms with Gasteiger partial charge in [0.05, 0.1) is 35.0 Å². The number of benzodiazepines with no additional fused rings is 1. The van der Waals surface area contributed by atoms with Crippen molar-refractivity contribution in [2.24, 2.45) is 4.99 Å². The number of methoxy groups -OCH3 is 1. The lowest BCUT2D eigenvalue weighted by Gasteiger charge is -2.16. The third-order valence-corrected chi connectivity index (χ3v) is 4.60. The molecule has 0 aliphatic carbocycles. The van der Waals surface area contributed by atoms with Gasteiger partial charge in [-0.2, -0.15) is 0 Å². The van der Waals surface area contributed by atoms with Gasteiger partial charge in [-0.25, -0.2) is 8.78 Å². The van der Waals surface area contributed by atoms with E-state index in [1.807, 2.05) is 0 Å². The maximum absolute atomic E-state index is 14.7. The number of fused-ring (bicyclic) bond motifs is 1. The zero-order valence-electron chi connectivity index (χ0n) is 12.9. The van der Waals surface area contributed by atoms with Crippen LogP contribution in [-0.2, 0) is 4.79 Å². The molecule has 0 bridgehead atoms. The quantitative estimate of drug-likeness (QED) is 0.810. The first kappa shape index (κ1) is 17.6. The second kappa shape index (κ2) is 6.98. The molecule has 0 radical (unpaired) electrons. The van der Waals surface area contributed by atoms with Crippen LogP contribution in [0.3, 0.4) is 0 Å². The first-order valence-corrected chi connectivity index (χ1v) is 8.00. The second-order valence-corrected chi connectivity index (χ2v) is 6.08. The summed E-state index contributed by atoms with van der Waals surface area (Å²) in [6.07, 6.45) is 0.664. The van der Waals surface area contributed by atoms with Crippen LogP contribution in [0.2, 0.25) is 10.0 Å². The van der Waals surface area contributed by atoms with Crippen molar-refractivity contribution in [3.8, 4) is 5.75 Å². The number of carbonyl (C=O) groups excluding carboxylic acids is 1. The monoisotopic (exact) mass is 384 g/mol. The van der Waals surface area contributed by atoms with Crippen LogP contribution in [0.4, 0.5) is 14.5 Å². The number of nitrogens with one attached hydrogen (secondary N) is 1. The van der Waals surface area contributed by atoms with Crippen LogP contribution in [0.5, 0.6) is 5.75 Å². The Hall–Kier alpha value is -2.18. The third kappa shape index (κ3) is 3.07. The fourth-order valence-corrected chi connectivity index (χ4v) is 3.02. The molecule has 130 valence electrons. The normalized spacial score (nSPS) is 16.4. The summed E-state index contributed by atoms with van der Waals surface area (Å²) in [6, 6.07) is 4.70. The molecule has 0 saturated carbocycles. The topological polar surface area (TPSA) is 50.7 Å². The fourth-order valence-electron chi connectivity index (χ4n) is 2.61. The summed E-state index contributed by atoms with van der Waals surface area (Å²) in [4.78, 5) is 15.4. The molecule has 0 aromatic heterocycles. The van der Waals surface area contributed by atoms with Crippen LogP contribution < -0.4 is 10.1 Å². The maximum Gasteiger partial charge on any atom is 0.177 e. The van der Waals surface area contributed by atoms with E-state index >= 15 is 0 Å². The van der Waals surface area contributed by atoms with Gasteiger partial charge < -0.3 is 14.8 Å². The van der Waals surface area contributed by atoms with E-state index in [2.05, 4.69) is 10.3 Å². The largest absolute Gasteiger partial charge is 0.494 e. The van der Waals surface area contributed by atoms with Gasteiger partial charge in [-0.1, -0.05) is 23.2 Å². The van der Waals surface area contributed by atoms with Gasteiger partial charge in [-0.05, 0) is 24.3 Å². The number of hydrogen-bond donors (Lipinski definition) is 1. The highest BCUT2D eigenvalue weighted by Crippen LogP contribution is 2.37. The average Bonchev–Trinajstić information content (AvgIpc) is 2.78. The van der Waals surface area contributed by atoms with Crippen molar-refractivity contribution in [2.45, 2.75) is 6.04 Å². The van der Waals surface area contributed by atoms with E-state index in [4.69, 9.17) is 27.9 Å². The highest BCUT2D eigenvalue weighted by atomic mass is 35.5. The maximum atomic E-state index is 14.7. The van der Waals surface area contributed by atoms with Crippen LogP contribution >= 0.6 is 23.2 Å². The van der Waals surface area contributed by atoms with Crippen molar-refractivity contribution < 1.29 is 18.3 Å². The summed E-state index contributed by atoms with van der Waals surface area (Å²) in [5, 5.41) is 3.22. The third-order valence-electron chi connectivity index (χ3n) is 3.80. The molecule has 0 spiro atoms. The second-order valence-electron chi connectivity index (χ2n) is 5.30. The number of aldehydes is 1. The standard InChI is InChI=1S/C17H12Cl2F2N2O2/c1-25-12-5-3-10(20)13(16(12)21)17-14-11(4-2-9(18)15(14)19)23-8(7-24)6-22-17/h2-5,7-8,23H,6H2,1H3. The predicted octanol–water partition coefficient (Wildman–Crippen LogP) is 4.11. The number of rotatable bonds is 3. The van der Waals surface area contributed by atoms with Crippen molar-refractivity contribution in [2.75, 3.05) is 19.0 Å². The summed E-state index contributed by atoms with van der Waals surface area (Å²) in [7, 11) is 1.27. The van der Waals surface area contributed by atoms with Crippen LogP contribution in [0, 0.1) is 11.6 Å². The molecule has 2 aromatic rings. The lowest BCUT2D eigenvalue weighted by molar-refractivity contribution is -0.108. The number of benzene rings is 2. The molecule has 0 amide bonds. The number of ether oxygens (including phenoxy) is 1. The minimum Gasteiger partial charge on any atom is -0.494 e. The van der Waals surface area contributed by atoms with Gasteiger partial charge in [0, 0.05) is 11.3 Å². The molecule has 25 heavy (non-hydrogen) atoms. The molecule has 0 saturated heterocycles. The van der Waals surface area contributed by atoms with E-state index in [0.717, 1.165) is 6.07 Å². The molecule has 1 unspecified atom stereocenters. The molecule has 1 aliphatic heterocycles. The first-order chi connectivity index (χ1) is 12.0. The van der Waals surface area contributed by atoms with Crippen LogP contribution in [0.15, 0.2) is 29.3 Å². The van der Waals surface area contributed by atoms with E-state index in [1.165, 1.54) is 19.2 Å². The number of halogens is 4. The highest BCUT2D eigenvalue weighted by molar-refractivity contribution is 6.45. The Bertz CT molecular complexity index is 887. The minimum atomic E-state index is -0.909. The van der Waals surface area contributed by atoms with E-state index < -0.39 is 23.2 Å². The van der Waals surface area contributed by atoms with Crippen LogP contribution in [0.1, 0.15) is 11.1 Å². The smallest absolute Gasteiger partial charge is 0.177 e. The summed E-state index contributed by atoms with van der Waals surface area (Å²) in [6.45, 7) is -0.0163. The van der Waals surface area contributed by atoms with E-state index in [9.17, 15) is 13.6 Å². The van der Waals surface area contributed by atoms with Crippen molar-refractivity contribution in [1.82, 2.24) is 0 Å². The van der Waals surface area contributed by atoms with Crippen LogP contribution in [-0.4, -0.2) is 31.7 Å². The molecule has 3 rings (SSSR count). The van der Waals surface area contributed by atoms with E-state index in [-0.39, 0.29) is 33.6 Å². The Morgan fingerprint density at radius 1 is 1.24 bits per heavy atom. The molecule has 1 heterocycles. The summed E-state index contributed by atoms with van der Waals surface area (Å²) >= 11 is 12.3. The molecule has 0 fully saturated rings. The van der Waals surface area contributed by atoms with E-state index in [1.54, 1.807) is 6.07 Å². The van der Waals surface area contributed by atoms with Gasteiger partial charge in [0.15, 0.2) is 11.6 Å². The predicted molar refractivity (Wildman–Crippen MR) is 93.4 cm³/mol. The number of hydrogen-bond acceptors (Lipinski definition) is 4. The molecule has 2 aromatic carbocycles. The van der Waals surface area contributed by atoms with Crippen molar-refractivity contribution in [1.29, 1.82) is 0 Å². The summed E-state index contributed by atoms with van der Waals surface area (Å²) in [5.41, 5.74) is 0.209. The SMILES string of the molecule is COc1ccc(F)c(C2=NCC(C=O)Nc3ccc(Cl)c(Cl)c32)c1F. The number of anilines is 1. The zero-order chi connectivity index (χ0) is 18.1. The average molecular weight is 385 g/mol. The zero-order valence-corrected chi connectivity index (χ0v) is 14.5. The lowest BCUT2D eigenvalue weighted by Crippen LogP contribution is -2.23. The molecule has 8 heteroatoms. The number of aliphatic imine (C=N–C) groups is 1. The highest BCUT2D eigenvalue weighted by Gasteiger charge is 2.28. The van der Waals surface area contributed by atoms with Crippen LogP contribution in [0.25, 0.3) is 0 Å². The minimum absolute atomic E-state index is 0.0163. The van der Waals surface area contributed by atoms with Gasteiger partial charge >= 0.3 is 0 Å². The molecular formula is C17H12Cl2F2N2O2. The Morgan fingerprint density at radius 3 is 2.68 bits per heavy atom. The fraction of sp³-hybridized carbons (Fsp3) is 0.176. The molecule has 1 N–H and O–H groups in total. The van der Waals surface area contributed by atoms with Crippen molar-refractivity contribution in [3.63, 3.8) is 0 Å². The van der Waals surface area contributed by atoms with Crippen molar-refractivity contribution >= 4 is 40.9 Å². The molecule has 4 nitrogen and oxygen atoms in total. The molecule has 1 atom stereocenters. The molecule has 1 aliphatic rings.